The van der Waals surface area contributed by atoms with Crippen LogP contribution < -0.4 is 10.5 Å². The number of ether oxygens (including phenoxy) is 1. The Morgan fingerprint density at radius 1 is 1.33 bits per heavy atom. The van der Waals surface area contributed by atoms with Crippen molar-refractivity contribution < 1.29 is 9.13 Å². The maximum absolute atomic E-state index is 13.8. The van der Waals surface area contributed by atoms with E-state index in [1.165, 1.54) is 25.6 Å². The first-order valence-corrected chi connectivity index (χ1v) is 5.98. The molecular weight excluding hydrogens is 301 g/mol. The van der Waals surface area contributed by atoms with E-state index in [-0.39, 0.29) is 0 Å². The Morgan fingerprint density at radius 3 is 2.72 bits per heavy atom. The molecule has 0 saturated heterocycles. The van der Waals surface area contributed by atoms with E-state index in [0.717, 1.165) is 0 Å². The predicted molar refractivity (Wildman–Crippen MR) is 68.7 cm³/mol. The van der Waals surface area contributed by atoms with E-state index >= 15 is 0 Å². The van der Waals surface area contributed by atoms with E-state index in [2.05, 4.69) is 25.9 Å². The second kappa shape index (κ2) is 5.41. The molecule has 1 atom stereocenters. The maximum Gasteiger partial charge on any atom is 0.237 e. The number of methoxy groups -OCH3 is 1. The Morgan fingerprint density at radius 2 is 2.06 bits per heavy atom. The molecule has 1 aromatic heterocycles. The summed E-state index contributed by atoms with van der Waals surface area (Å²) in [6, 6.07) is 3.93. The van der Waals surface area contributed by atoms with Gasteiger partial charge in [0, 0.05) is 22.4 Å². The molecule has 0 aliphatic rings. The molecule has 4 nitrogen and oxygen atoms in total. The van der Waals surface area contributed by atoms with Crippen molar-refractivity contribution in [2.45, 2.75) is 6.04 Å². The lowest BCUT2D eigenvalue weighted by atomic mass is 10.0. The average molecular weight is 312 g/mol. The van der Waals surface area contributed by atoms with Crippen LogP contribution in [0, 0.1) is 5.82 Å². The number of nitrogens with zero attached hydrogens (tertiary/aromatic N) is 2. The van der Waals surface area contributed by atoms with Gasteiger partial charge in [-0.05, 0) is 12.1 Å². The Bertz CT molecular complexity index is 545. The first-order chi connectivity index (χ1) is 8.65. The highest BCUT2D eigenvalue weighted by atomic mass is 79.9. The lowest BCUT2D eigenvalue weighted by molar-refractivity contribution is 0.386. The van der Waals surface area contributed by atoms with Crippen molar-refractivity contribution in [3.8, 4) is 5.88 Å². The Kier molecular flexibility index (Phi) is 3.88. The highest BCUT2D eigenvalue weighted by Gasteiger charge is 2.21. The Labute approximate surface area is 112 Å². The van der Waals surface area contributed by atoms with Gasteiger partial charge in [0.15, 0.2) is 0 Å². The summed E-state index contributed by atoms with van der Waals surface area (Å²) in [5, 5.41) is 0. The number of benzene rings is 1. The number of hydrogen-bond donors (Lipinski definition) is 1. The summed E-state index contributed by atoms with van der Waals surface area (Å²) in [6.45, 7) is 0. The molecule has 0 aliphatic carbocycles. The van der Waals surface area contributed by atoms with Gasteiger partial charge in [-0.2, -0.15) is 0 Å². The smallest absolute Gasteiger partial charge is 0.237 e. The number of nitrogens with two attached hydrogens (primary N) is 1. The van der Waals surface area contributed by atoms with E-state index in [1.807, 2.05) is 0 Å². The summed E-state index contributed by atoms with van der Waals surface area (Å²) < 4.78 is 19.5. The molecular formula is C12H11BrFN3O. The van der Waals surface area contributed by atoms with Crippen molar-refractivity contribution in [1.82, 2.24) is 9.97 Å². The van der Waals surface area contributed by atoms with Crippen LogP contribution in [0.5, 0.6) is 5.88 Å². The molecule has 0 amide bonds. The van der Waals surface area contributed by atoms with Gasteiger partial charge < -0.3 is 10.5 Å². The minimum Gasteiger partial charge on any atom is -0.480 e. The largest absolute Gasteiger partial charge is 0.480 e. The van der Waals surface area contributed by atoms with Gasteiger partial charge in [-0.25, -0.2) is 9.37 Å². The average Bonchev–Trinajstić information content (AvgIpc) is 2.38. The van der Waals surface area contributed by atoms with E-state index in [4.69, 9.17) is 10.5 Å². The Balaban J connectivity index is 2.51. The fourth-order valence-electron chi connectivity index (χ4n) is 1.65. The van der Waals surface area contributed by atoms with E-state index in [1.54, 1.807) is 12.1 Å². The quantitative estimate of drug-likeness (QED) is 0.945. The van der Waals surface area contributed by atoms with Crippen molar-refractivity contribution in [1.29, 1.82) is 0 Å². The minimum atomic E-state index is -0.746. The van der Waals surface area contributed by atoms with Gasteiger partial charge in [-0.3, -0.25) is 4.98 Å². The summed E-state index contributed by atoms with van der Waals surface area (Å²) in [6.07, 6.45) is 2.98. The first kappa shape index (κ1) is 12.9. The van der Waals surface area contributed by atoms with Gasteiger partial charge in [0.05, 0.1) is 13.2 Å². The number of hydrogen-bond acceptors (Lipinski definition) is 4. The maximum atomic E-state index is 13.8. The highest BCUT2D eigenvalue weighted by Crippen LogP contribution is 2.31. The van der Waals surface area contributed by atoms with Crippen LogP contribution in [0.3, 0.4) is 0 Å². The Hall–Kier alpha value is -1.53. The third-order valence-corrected chi connectivity index (χ3v) is 3.18. The molecule has 1 aromatic carbocycles. The van der Waals surface area contributed by atoms with Crippen molar-refractivity contribution >= 4 is 15.9 Å². The topological polar surface area (TPSA) is 61.0 Å². The molecule has 6 heteroatoms. The van der Waals surface area contributed by atoms with Crippen molar-refractivity contribution in [2.24, 2.45) is 5.73 Å². The molecule has 0 fully saturated rings. The second-order valence-electron chi connectivity index (χ2n) is 3.56. The van der Waals surface area contributed by atoms with Crippen LogP contribution in [0.4, 0.5) is 4.39 Å². The zero-order valence-electron chi connectivity index (χ0n) is 9.60. The van der Waals surface area contributed by atoms with Gasteiger partial charge in [0.2, 0.25) is 5.88 Å². The van der Waals surface area contributed by atoms with Crippen molar-refractivity contribution in [3.05, 3.63) is 52.1 Å². The van der Waals surface area contributed by atoms with Crippen LogP contribution in [0.15, 0.2) is 35.1 Å². The van der Waals surface area contributed by atoms with Crippen molar-refractivity contribution in [3.63, 3.8) is 0 Å². The lowest BCUT2D eigenvalue weighted by Gasteiger charge is -2.15. The SMILES string of the molecule is COc1nccnc1C(N)c1c(F)cccc1Br. The normalized spacial score (nSPS) is 12.2. The molecule has 0 bridgehead atoms. The van der Waals surface area contributed by atoms with Gasteiger partial charge in [0.25, 0.3) is 0 Å². The first-order valence-electron chi connectivity index (χ1n) is 5.19. The standard InChI is InChI=1S/C12H11BrFN3O/c1-18-12-11(16-5-6-17-12)10(15)9-7(13)3-2-4-8(9)14/h2-6,10H,15H2,1H3. The van der Waals surface area contributed by atoms with Crippen LogP contribution in [0.1, 0.15) is 17.3 Å². The third kappa shape index (κ3) is 2.34. The molecule has 2 aromatic rings. The van der Waals surface area contributed by atoms with E-state index < -0.39 is 11.9 Å². The molecule has 0 radical (unpaired) electrons. The lowest BCUT2D eigenvalue weighted by Crippen LogP contribution is -2.17. The fraction of sp³-hybridized carbons (Fsp3) is 0.167. The molecule has 18 heavy (non-hydrogen) atoms. The van der Waals surface area contributed by atoms with Crippen molar-refractivity contribution in [2.75, 3.05) is 7.11 Å². The summed E-state index contributed by atoms with van der Waals surface area (Å²) in [5.41, 5.74) is 6.77. The van der Waals surface area contributed by atoms with Gasteiger partial charge >= 0.3 is 0 Å². The second-order valence-corrected chi connectivity index (χ2v) is 4.42. The number of rotatable bonds is 3. The number of aromatic nitrogens is 2. The van der Waals surface area contributed by atoms with Gasteiger partial charge in [-0.15, -0.1) is 0 Å². The van der Waals surface area contributed by atoms with Crippen LogP contribution >= 0.6 is 15.9 Å². The minimum absolute atomic E-state index is 0.292. The van der Waals surface area contributed by atoms with E-state index in [0.29, 0.717) is 21.6 Å². The summed E-state index contributed by atoms with van der Waals surface area (Å²) in [5.74, 6) is -0.107. The monoisotopic (exact) mass is 311 g/mol. The third-order valence-electron chi connectivity index (χ3n) is 2.49. The van der Waals surface area contributed by atoms with Crippen LogP contribution in [0.25, 0.3) is 0 Å². The van der Waals surface area contributed by atoms with E-state index in [9.17, 15) is 4.39 Å². The molecule has 0 saturated carbocycles. The predicted octanol–water partition coefficient (Wildman–Crippen LogP) is 2.43. The van der Waals surface area contributed by atoms with Crippen LogP contribution in [0.2, 0.25) is 0 Å². The summed E-state index contributed by atoms with van der Waals surface area (Å²) >= 11 is 3.28. The zero-order valence-corrected chi connectivity index (χ0v) is 11.2. The fourth-order valence-corrected chi connectivity index (χ4v) is 2.24. The molecule has 1 heterocycles. The zero-order chi connectivity index (χ0) is 13.1. The molecule has 0 aliphatic heterocycles. The van der Waals surface area contributed by atoms with Crippen LogP contribution in [-0.2, 0) is 0 Å². The molecule has 2 N–H and O–H groups in total. The van der Waals surface area contributed by atoms with Gasteiger partial charge in [0.1, 0.15) is 11.5 Å². The van der Waals surface area contributed by atoms with Crippen LogP contribution in [-0.4, -0.2) is 17.1 Å². The highest BCUT2D eigenvalue weighted by molar-refractivity contribution is 9.10. The molecule has 0 spiro atoms. The summed E-state index contributed by atoms with van der Waals surface area (Å²) in [4.78, 5) is 8.11. The summed E-state index contributed by atoms with van der Waals surface area (Å²) in [7, 11) is 1.47. The van der Waals surface area contributed by atoms with Gasteiger partial charge in [-0.1, -0.05) is 22.0 Å². The molecule has 94 valence electrons. The molecule has 1 unspecified atom stereocenters. The molecule has 2 rings (SSSR count). The number of halogens is 2.